The molecule has 0 bridgehead atoms. The van der Waals surface area contributed by atoms with Crippen LogP contribution in [0.5, 0.6) is 0 Å². The van der Waals surface area contributed by atoms with E-state index in [0.29, 0.717) is 0 Å². The third-order valence-corrected chi connectivity index (χ3v) is 2.40. The monoisotopic (exact) mass is 258 g/mol. The minimum Gasteiger partial charge on any atom is -0.274 e. The van der Waals surface area contributed by atoms with Gasteiger partial charge in [-0.25, -0.2) is 4.98 Å². The third kappa shape index (κ3) is 1.13. The number of aryl methyl sites for hydroxylation is 1. The number of fused-ring (bicyclic) bond motifs is 1. The van der Waals surface area contributed by atoms with Crippen molar-refractivity contribution in [1.29, 1.82) is 0 Å². The molecule has 0 aromatic carbocycles. The molecule has 0 aliphatic heterocycles. The van der Waals surface area contributed by atoms with Crippen LogP contribution >= 0.6 is 22.9 Å². The Morgan fingerprint density at radius 1 is 1.55 bits per heavy atom. The maximum atomic E-state index is 4.30. The lowest BCUT2D eigenvalue weighted by Crippen LogP contribution is -1.81. The first-order valence-electron chi connectivity index (χ1n) is 3.37. The van der Waals surface area contributed by atoms with Crippen LogP contribution in [-0.4, -0.2) is 7.76 Å². The highest BCUT2D eigenvalue weighted by atomic mass is 127. The average Bonchev–Trinajstić information content (AvgIpc) is 2.32. The fourth-order valence-corrected chi connectivity index (χ4v) is 1.67. The van der Waals surface area contributed by atoms with Gasteiger partial charge in [0.25, 0.3) is 0 Å². The fourth-order valence-electron chi connectivity index (χ4n) is 1.10. The second kappa shape index (κ2) is 2.48. The molecule has 56 valence electrons. The molecule has 0 saturated carbocycles. The first-order chi connectivity index (χ1) is 5.27. The molecular formula is C8H7IN2. The van der Waals surface area contributed by atoms with E-state index >= 15 is 0 Å². The van der Waals surface area contributed by atoms with Gasteiger partial charge in [-0.3, -0.25) is 2.78 Å². The molecule has 2 aromatic heterocycles. The lowest BCUT2D eigenvalue weighted by molar-refractivity contribution is 1.27. The number of pyridine rings is 1. The summed E-state index contributed by atoms with van der Waals surface area (Å²) in [6.07, 6.45) is 3.90. The van der Waals surface area contributed by atoms with E-state index in [0.717, 1.165) is 5.65 Å². The Morgan fingerprint density at radius 3 is 3.18 bits per heavy atom. The molecule has 2 nitrogen and oxygen atoms in total. The maximum absolute atomic E-state index is 4.30. The smallest absolute Gasteiger partial charge is 0.148 e. The zero-order valence-corrected chi connectivity index (χ0v) is 8.24. The molecule has 0 unspecified atom stereocenters. The predicted molar refractivity (Wildman–Crippen MR) is 53.9 cm³/mol. The Kier molecular flexibility index (Phi) is 1.60. The highest BCUT2D eigenvalue weighted by molar-refractivity contribution is 14.1. The Bertz CT molecular complexity index is 392. The van der Waals surface area contributed by atoms with Gasteiger partial charge in [-0.2, -0.15) is 0 Å². The molecule has 0 N–H and O–H groups in total. The van der Waals surface area contributed by atoms with E-state index in [2.05, 4.69) is 46.9 Å². The van der Waals surface area contributed by atoms with Gasteiger partial charge in [0.2, 0.25) is 0 Å². The molecule has 0 radical (unpaired) electrons. The highest BCUT2D eigenvalue weighted by Gasteiger charge is 1.98. The van der Waals surface area contributed by atoms with Gasteiger partial charge in [0.15, 0.2) is 0 Å². The molecule has 11 heavy (non-hydrogen) atoms. The zero-order chi connectivity index (χ0) is 7.84. The molecule has 0 fully saturated rings. The summed E-state index contributed by atoms with van der Waals surface area (Å²) < 4.78 is 1.99. The van der Waals surface area contributed by atoms with Crippen molar-refractivity contribution < 1.29 is 0 Å². The molecule has 2 rings (SSSR count). The first-order valence-corrected chi connectivity index (χ1v) is 4.34. The second-order valence-electron chi connectivity index (χ2n) is 2.55. The van der Waals surface area contributed by atoms with Gasteiger partial charge in [-0.1, -0.05) is 0 Å². The van der Waals surface area contributed by atoms with Crippen LogP contribution in [0.15, 0.2) is 24.5 Å². The van der Waals surface area contributed by atoms with Gasteiger partial charge < -0.3 is 0 Å². The molecule has 3 heteroatoms. The van der Waals surface area contributed by atoms with E-state index < -0.39 is 0 Å². The summed E-state index contributed by atoms with van der Waals surface area (Å²) in [5.74, 6) is 0. The molecule has 0 aliphatic carbocycles. The SMILES string of the molecule is Cc1cnc2c(ccn2I)c1. The Morgan fingerprint density at radius 2 is 2.36 bits per heavy atom. The summed E-state index contributed by atoms with van der Waals surface area (Å²) in [6.45, 7) is 2.05. The Hall–Kier alpha value is -0.580. The van der Waals surface area contributed by atoms with Crippen LogP contribution in [-0.2, 0) is 0 Å². The van der Waals surface area contributed by atoms with E-state index in [9.17, 15) is 0 Å². The summed E-state index contributed by atoms with van der Waals surface area (Å²) in [5, 5.41) is 1.21. The largest absolute Gasteiger partial charge is 0.274 e. The Labute approximate surface area is 78.7 Å². The molecular weight excluding hydrogens is 251 g/mol. The second-order valence-corrected chi connectivity index (χ2v) is 3.59. The number of aromatic nitrogens is 2. The number of hydrogen-bond donors (Lipinski definition) is 0. The van der Waals surface area contributed by atoms with E-state index in [4.69, 9.17) is 0 Å². The molecule has 0 spiro atoms. The van der Waals surface area contributed by atoms with Crippen molar-refractivity contribution in [2.24, 2.45) is 0 Å². The topological polar surface area (TPSA) is 17.8 Å². The summed E-state index contributed by atoms with van der Waals surface area (Å²) in [5.41, 5.74) is 2.25. The normalized spacial score (nSPS) is 10.7. The summed E-state index contributed by atoms with van der Waals surface area (Å²) in [4.78, 5) is 4.30. The average molecular weight is 258 g/mol. The highest BCUT2D eigenvalue weighted by Crippen LogP contribution is 2.15. The number of rotatable bonds is 0. The van der Waals surface area contributed by atoms with E-state index in [-0.39, 0.29) is 0 Å². The van der Waals surface area contributed by atoms with Crippen LogP contribution in [0, 0.1) is 6.92 Å². The van der Waals surface area contributed by atoms with Gasteiger partial charge >= 0.3 is 0 Å². The summed E-state index contributed by atoms with van der Waals surface area (Å²) >= 11 is 2.22. The van der Waals surface area contributed by atoms with Crippen molar-refractivity contribution in [2.45, 2.75) is 6.92 Å². The van der Waals surface area contributed by atoms with E-state index in [1.54, 1.807) is 0 Å². The molecule has 0 aliphatic rings. The minimum atomic E-state index is 1.04. The number of hydrogen-bond acceptors (Lipinski definition) is 1. The molecule has 0 amide bonds. The van der Waals surface area contributed by atoms with Crippen LogP contribution in [0.1, 0.15) is 5.56 Å². The summed E-state index contributed by atoms with van der Waals surface area (Å²) in [7, 11) is 0. The predicted octanol–water partition coefficient (Wildman–Crippen LogP) is 2.54. The van der Waals surface area contributed by atoms with Crippen LogP contribution in [0.25, 0.3) is 11.0 Å². The lowest BCUT2D eigenvalue weighted by Gasteiger charge is -1.93. The lowest BCUT2D eigenvalue weighted by atomic mass is 10.2. The van der Waals surface area contributed by atoms with Crippen molar-refractivity contribution >= 4 is 33.9 Å². The van der Waals surface area contributed by atoms with Gasteiger partial charge in [0.05, 0.1) is 22.9 Å². The third-order valence-electron chi connectivity index (χ3n) is 1.62. The quantitative estimate of drug-likeness (QED) is 0.664. The van der Waals surface area contributed by atoms with Gasteiger partial charge in [0, 0.05) is 17.8 Å². The fraction of sp³-hybridized carbons (Fsp3) is 0.125. The maximum Gasteiger partial charge on any atom is 0.148 e. The minimum absolute atomic E-state index is 1.04. The van der Waals surface area contributed by atoms with Gasteiger partial charge in [-0.15, -0.1) is 0 Å². The number of halogens is 1. The van der Waals surface area contributed by atoms with Crippen LogP contribution < -0.4 is 0 Å². The molecule has 0 saturated heterocycles. The van der Waals surface area contributed by atoms with Crippen LogP contribution in [0.4, 0.5) is 0 Å². The van der Waals surface area contributed by atoms with Crippen molar-refractivity contribution in [1.82, 2.24) is 7.76 Å². The van der Waals surface area contributed by atoms with Crippen molar-refractivity contribution in [3.05, 3.63) is 30.1 Å². The first kappa shape index (κ1) is 7.09. The van der Waals surface area contributed by atoms with Crippen molar-refractivity contribution in [3.63, 3.8) is 0 Å². The van der Waals surface area contributed by atoms with Gasteiger partial charge in [-0.05, 0) is 24.6 Å². The molecule has 2 heterocycles. The zero-order valence-electron chi connectivity index (χ0n) is 6.08. The van der Waals surface area contributed by atoms with E-state index in [1.165, 1.54) is 10.9 Å². The Balaban J connectivity index is 2.86. The van der Waals surface area contributed by atoms with Crippen LogP contribution in [0.2, 0.25) is 0 Å². The van der Waals surface area contributed by atoms with Gasteiger partial charge in [0.1, 0.15) is 5.65 Å². The number of nitrogens with zero attached hydrogens (tertiary/aromatic N) is 2. The van der Waals surface area contributed by atoms with Crippen LogP contribution in [0.3, 0.4) is 0 Å². The van der Waals surface area contributed by atoms with Crippen molar-refractivity contribution in [2.75, 3.05) is 0 Å². The van der Waals surface area contributed by atoms with Crippen molar-refractivity contribution in [3.8, 4) is 0 Å². The van der Waals surface area contributed by atoms with E-state index in [1.807, 2.05) is 15.2 Å². The molecule has 0 atom stereocenters. The summed E-state index contributed by atoms with van der Waals surface area (Å²) in [6, 6.07) is 4.21. The standard InChI is InChI=1S/C8H7IN2/c1-6-4-7-2-3-11(9)8(7)10-5-6/h2-5H,1H3. The molecule has 2 aromatic rings.